The molecule has 1 saturated carbocycles. The van der Waals surface area contributed by atoms with Crippen LogP contribution >= 0.6 is 0 Å². The molecular formula is C13H19NO2S. The third-order valence-electron chi connectivity index (χ3n) is 3.66. The highest BCUT2D eigenvalue weighted by atomic mass is 32.2. The lowest BCUT2D eigenvalue weighted by Gasteiger charge is -2.26. The summed E-state index contributed by atoms with van der Waals surface area (Å²) >= 11 is 0. The zero-order valence-corrected chi connectivity index (χ0v) is 11.2. The molecule has 0 aromatic heterocycles. The smallest absolute Gasteiger partial charge is 0.175 e. The van der Waals surface area contributed by atoms with Gasteiger partial charge in [0.05, 0.1) is 4.90 Å². The van der Waals surface area contributed by atoms with Gasteiger partial charge < -0.3 is 5.73 Å². The number of hydrogen-bond acceptors (Lipinski definition) is 3. The molecule has 2 rings (SSSR count). The highest BCUT2D eigenvalue weighted by Gasteiger charge is 2.32. The molecular weight excluding hydrogens is 234 g/mol. The van der Waals surface area contributed by atoms with E-state index in [-0.39, 0.29) is 5.54 Å². The second-order valence-corrected chi connectivity index (χ2v) is 7.13. The number of rotatable bonds is 2. The van der Waals surface area contributed by atoms with E-state index >= 15 is 0 Å². The Morgan fingerprint density at radius 1 is 1.24 bits per heavy atom. The first-order chi connectivity index (χ1) is 7.83. The maximum absolute atomic E-state index is 11.5. The first-order valence-electron chi connectivity index (χ1n) is 5.93. The Bertz CT molecular complexity index is 528. The number of aryl methyl sites for hydroxylation is 1. The Balaban J connectivity index is 2.45. The SMILES string of the molecule is Cc1cc(S(C)(=O)=O)ccc1C1(N)CCCC1. The molecule has 0 saturated heterocycles. The summed E-state index contributed by atoms with van der Waals surface area (Å²) in [6.45, 7) is 1.94. The Hall–Kier alpha value is -0.870. The van der Waals surface area contributed by atoms with Gasteiger partial charge in [-0.05, 0) is 43.0 Å². The van der Waals surface area contributed by atoms with Crippen LogP contribution < -0.4 is 5.73 Å². The van der Waals surface area contributed by atoms with E-state index in [1.165, 1.54) is 6.26 Å². The first kappa shape index (κ1) is 12.6. The third kappa shape index (κ3) is 2.38. The average Bonchev–Trinajstić information content (AvgIpc) is 2.64. The van der Waals surface area contributed by atoms with Gasteiger partial charge in [0, 0.05) is 11.8 Å². The summed E-state index contributed by atoms with van der Waals surface area (Å²) in [5, 5.41) is 0. The monoisotopic (exact) mass is 253 g/mol. The molecule has 0 spiro atoms. The number of nitrogens with two attached hydrogens (primary N) is 1. The molecule has 0 radical (unpaired) electrons. The van der Waals surface area contributed by atoms with Crippen LogP contribution in [0.15, 0.2) is 23.1 Å². The summed E-state index contributed by atoms with van der Waals surface area (Å²) in [5.41, 5.74) is 8.22. The van der Waals surface area contributed by atoms with Crippen molar-refractivity contribution < 1.29 is 8.42 Å². The molecule has 0 heterocycles. The van der Waals surface area contributed by atoms with Crippen molar-refractivity contribution >= 4 is 9.84 Å². The van der Waals surface area contributed by atoms with Crippen LogP contribution in [-0.2, 0) is 15.4 Å². The standard InChI is InChI=1S/C13H19NO2S/c1-10-9-11(17(2,15)16)5-6-12(10)13(14)7-3-4-8-13/h5-6,9H,3-4,7-8,14H2,1-2H3. The zero-order chi connectivity index (χ0) is 12.7. The third-order valence-corrected chi connectivity index (χ3v) is 4.77. The van der Waals surface area contributed by atoms with Crippen LogP contribution in [-0.4, -0.2) is 14.7 Å². The fraction of sp³-hybridized carbons (Fsp3) is 0.538. The van der Waals surface area contributed by atoms with E-state index in [1.807, 2.05) is 13.0 Å². The summed E-state index contributed by atoms with van der Waals surface area (Å²) in [6.07, 6.45) is 5.53. The summed E-state index contributed by atoms with van der Waals surface area (Å²) in [7, 11) is -3.13. The second kappa shape index (κ2) is 4.10. The highest BCUT2D eigenvalue weighted by Crippen LogP contribution is 2.38. The van der Waals surface area contributed by atoms with Crippen LogP contribution in [0.4, 0.5) is 0 Å². The molecule has 1 aromatic carbocycles. The molecule has 2 N–H and O–H groups in total. The van der Waals surface area contributed by atoms with Gasteiger partial charge in [-0.25, -0.2) is 8.42 Å². The van der Waals surface area contributed by atoms with Crippen molar-refractivity contribution in [1.29, 1.82) is 0 Å². The van der Waals surface area contributed by atoms with Crippen LogP contribution in [0.1, 0.15) is 36.8 Å². The van der Waals surface area contributed by atoms with Gasteiger partial charge in [0.1, 0.15) is 0 Å². The maximum atomic E-state index is 11.5. The van der Waals surface area contributed by atoms with E-state index in [2.05, 4.69) is 0 Å². The first-order valence-corrected chi connectivity index (χ1v) is 7.82. The van der Waals surface area contributed by atoms with E-state index in [0.717, 1.165) is 36.8 Å². The minimum atomic E-state index is -3.13. The molecule has 17 heavy (non-hydrogen) atoms. The van der Waals surface area contributed by atoms with E-state index in [0.29, 0.717) is 4.90 Å². The lowest BCUT2D eigenvalue weighted by molar-refractivity contribution is 0.458. The van der Waals surface area contributed by atoms with Crippen molar-refractivity contribution in [3.8, 4) is 0 Å². The molecule has 94 valence electrons. The van der Waals surface area contributed by atoms with Gasteiger partial charge in [-0.2, -0.15) is 0 Å². The molecule has 1 aliphatic carbocycles. The van der Waals surface area contributed by atoms with Crippen molar-refractivity contribution in [3.63, 3.8) is 0 Å². The van der Waals surface area contributed by atoms with Crippen LogP contribution in [0.3, 0.4) is 0 Å². The van der Waals surface area contributed by atoms with Crippen LogP contribution in [0.2, 0.25) is 0 Å². The van der Waals surface area contributed by atoms with Gasteiger partial charge in [-0.3, -0.25) is 0 Å². The Morgan fingerprint density at radius 2 is 1.82 bits per heavy atom. The topological polar surface area (TPSA) is 60.2 Å². The fourth-order valence-electron chi connectivity index (χ4n) is 2.70. The molecule has 1 aromatic rings. The van der Waals surface area contributed by atoms with Crippen molar-refractivity contribution in [2.45, 2.75) is 43.0 Å². The molecule has 0 atom stereocenters. The van der Waals surface area contributed by atoms with E-state index < -0.39 is 9.84 Å². The number of hydrogen-bond donors (Lipinski definition) is 1. The van der Waals surface area contributed by atoms with Gasteiger partial charge in [0.15, 0.2) is 9.84 Å². The summed E-state index contributed by atoms with van der Waals surface area (Å²) < 4.78 is 22.9. The van der Waals surface area contributed by atoms with Crippen LogP contribution in [0.5, 0.6) is 0 Å². The summed E-state index contributed by atoms with van der Waals surface area (Å²) in [6, 6.07) is 5.29. The van der Waals surface area contributed by atoms with Crippen molar-refractivity contribution in [2.24, 2.45) is 5.73 Å². The molecule has 0 aliphatic heterocycles. The number of benzene rings is 1. The fourth-order valence-corrected chi connectivity index (χ4v) is 3.41. The molecule has 0 bridgehead atoms. The minimum Gasteiger partial charge on any atom is -0.321 e. The Morgan fingerprint density at radius 3 is 2.29 bits per heavy atom. The van der Waals surface area contributed by atoms with Gasteiger partial charge in [-0.15, -0.1) is 0 Å². The maximum Gasteiger partial charge on any atom is 0.175 e. The zero-order valence-electron chi connectivity index (χ0n) is 10.4. The van der Waals surface area contributed by atoms with Crippen molar-refractivity contribution in [3.05, 3.63) is 29.3 Å². The van der Waals surface area contributed by atoms with Gasteiger partial charge in [0.25, 0.3) is 0 Å². The molecule has 3 nitrogen and oxygen atoms in total. The predicted octanol–water partition coefficient (Wildman–Crippen LogP) is 2.13. The summed E-state index contributed by atoms with van der Waals surface area (Å²) in [4.78, 5) is 0.375. The van der Waals surface area contributed by atoms with E-state index in [9.17, 15) is 8.42 Å². The second-order valence-electron chi connectivity index (χ2n) is 5.11. The summed E-state index contributed by atoms with van der Waals surface area (Å²) in [5.74, 6) is 0. The lowest BCUT2D eigenvalue weighted by atomic mass is 9.86. The van der Waals surface area contributed by atoms with E-state index in [1.54, 1.807) is 12.1 Å². The Kier molecular flexibility index (Phi) is 3.04. The lowest BCUT2D eigenvalue weighted by Crippen LogP contribution is -2.33. The van der Waals surface area contributed by atoms with Gasteiger partial charge in [-0.1, -0.05) is 18.9 Å². The average molecular weight is 253 g/mol. The number of sulfone groups is 1. The van der Waals surface area contributed by atoms with E-state index in [4.69, 9.17) is 5.73 Å². The highest BCUT2D eigenvalue weighted by molar-refractivity contribution is 7.90. The quantitative estimate of drug-likeness (QED) is 0.878. The molecule has 0 unspecified atom stereocenters. The molecule has 1 fully saturated rings. The van der Waals surface area contributed by atoms with Gasteiger partial charge in [0.2, 0.25) is 0 Å². The predicted molar refractivity (Wildman–Crippen MR) is 68.6 cm³/mol. The van der Waals surface area contributed by atoms with Gasteiger partial charge >= 0.3 is 0 Å². The minimum absolute atomic E-state index is 0.250. The molecule has 1 aliphatic rings. The van der Waals surface area contributed by atoms with Crippen molar-refractivity contribution in [1.82, 2.24) is 0 Å². The Labute approximate surface area is 103 Å². The molecule has 4 heteroatoms. The molecule has 0 amide bonds. The van der Waals surface area contributed by atoms with Crippen LogP contribution in [0, 0.1) is 6.92 Å². The van der Waals surface area contributed by atoms with Crippen molar-refractivity contribution in [2.75, 3.05) is 6.26 Å². The normalized spacial score (nSPS) is 19.5. The van der Waals surface area contributed by atoms with Crippen LogP contribution in [0.25, 0.3) is 0 Å². The largest absolute Gasteiger partial charge is 0.321 e.